The lowest BCUT2D eigenvalue weighted by Crippen LogP contribution is -2.31. The molecule has 1 aliphatic heterocycles. The number of rotatable bonds is 9. The van der Waals surface area contributed by atoms with Crippen LogP contribution in [-0.2, 0) is 6.61 Å². The number of aromatic nitrogens is 3. The van der Waals surface area contributed by atoms with Crippen molar-refractivity contribution in [3.63, 3.8) is 0 Å². The Balaban J connectivity index is 1.34. The van der Waals surface area contributed by atoms with E-state index >= 15 is 0 Å². The zero-order valence-electron chi connectivity index (χ0n) is 20.6. The van der Waals surface area contributed by atoms with Crippen LogP contribution in [0.25, 0.3) is 0 Å². The SMILES string of the molecule is Fc1ccc(COc2ccc(Br)cc2/C=N/Nc2nc(Nc3ccccc3)nc(N3CCCCC3)n2)cc1. The van der Waals surface area contributed by atoms with Crippen LogP contribution >= 0.6 is 15.9 Å². The third-order valence-corrected chi connectivity index (χ3v) is 6.43. The summed E-state index contributed by atoms with van der Waals surface area (Å²) in [7, 11) is 0. The van der Waals surface area contributed by atoms with E-state index in [4.69, 9.17) is 4.74 Å². The number of hydrogen-bond acceptors (Lipinski definition) is 8. The van der Waals surface area contributed by atoms with Gasteiger partial charge in [-0.3, -0.25) is 0 Å². The maximum absolute atomic E-state index is 13.2. The van der Waals surface area contributed by atoms with Crippen molar-refractivity contribution in [3.8, 4) is 5.75 Å². The van der Waals surface area contributed by atoms with E-state index in [1.165, 1.54) is 18.6 Å². The average Bonchev–Trinajstić information content (AvgIpc) is 2.94. The van der Waals surface area contributed by atoms with Crippen molar-refractivity contribution in [3.05, 3.63) is 94.2 Å². The number of para-hydroxylation sites is 1. The summed E-state index contributed by atoms with van der Waals surface area (Å²) >= 11 is 3.51. The Labute approximate surface area is 229 Å². The summed E-state index contributed by atoms with van der Waals surface area (Å²) in [5.41, 5.74) is 5.45. The number of nitrogens with zero attached hydrogens (tertiary/aromatic N) is 5. The molecule has 2 N–H and O–H groups in total. The van der Waals surface area contributed by atoms with E-state index in [1.54, 1.807) is 18.3 Å². The van der Waals surface area contributed by atoms with Crippen LogP contribution in [0.1, 0.15) is 30.4 Å². The highest BCUT2D eigenvalue weighted by atomic mass is 79.9. The van der Waals surface area contributed by atoms with E-state index in [0.717, 1.165) is 47.2 Å². The fourth-order valence-corrected chi connectivity index (χ4v) is 4.39. The molecule has 0 saturated carbocycles. The first-order chi connectivity index (χ1) is 18.6. The highest BCUT2D eigenvalue weighted by Crippen LogP contribution is 2.24. The molecule has 10 heteroatoms. The zero-order valence-corrected chi connectivity index (χ0v) is 22.2. The smallest absolute Gasteiger partial charge is 0.250 e. The molecule has 1 fully saturated rings. The van der Waals surface area contributed by atoms with Gasteiger partial charge in [-0.1, -0.05) is 46.3 Å². The first kappa shape index (κ1) is 25.6. The van der Waals surface area contributed by atoms with Crippen LogP contribution in [0.2, 0.25) is 0 Å². The Morgan fingerprint density at radius 3 is 2.47 bits per heavy atom. The van der Waals surface area contributed by atoms with E-state index in [-0.39, 0.29) is 5.82 Å². The summed E-state index contributed by atoms with van der Waals surface area (Å²) < 4.78 is 20.1. The van der Waals surface area contributed by atoms with E-state index in [2.05, 4.69) is 51.6 Å². The van der Waals surface area contributed by atoms with Gasteiger partial charge in [-0.05, 0) is 67.3 Å². The first-order valence-corrected chi connectivity index (χ1v) is 13.2. The average molecular weight is 576 g/mol. The molecule has 0 aliphatic carbocycles. The number of halogens is 2. The Morgan fingerprint density at radius 1 is 0.921 bits per heavy atom. The molecule has 0 unspecified atom stereocenters. The van der Waals surface area contributed by atoms with E-state index in [0.29, 0.717) is 30.2 Å². The van der Waals surface area contributed by atoms with Crippen LogP contribution in [0.5, 0.6) is 5.75 Å². The molecular weight excluding hydrogens is 549 g/mol. The molecular formula is C28H27BrFN7O. The summed E-state index contributed by atoms with van der Waals surface area (Å²) in [6.45, 7) is 2.12. The summed E-state index contributed by atoms with van der Waals surface area (Å²) in [6.07, 6.45) is 5.08. The van der Waals surface area contributed by atoms with Crippen molar-refractivity contribution < 1.29 is 9.13 Å². The Kier molecular flexibility index (Phi) is 8.39. The molecule has 1 aliphatic rings. The molecule has 38 heavy (non-hydrogen) atoms. The lowest BCUT2D eigenvalue weighted by Gasteiger charge is -2.26. The van der Waals surface area contributed by atoms with Gasteiger partial charge >= 0.3 is 0 Å². The van der Waals surface area contributed by atoms with E-state index < -0.39 is 0 Å². The minimum atomic E-state index is -0.278. The predicted molar refractivity (Wildman–Crippen MR) is 152 cm³/mol. The van der Waals surface area contributed by atoms with Crippen molar-refractivity contribution in [1.29, 1.82) is 0 Å². The fourth-order valence-electron chi connectivity index (χ4n) is 4.01. The topological polar surface area (TPSA) is 87.6 Å². The van der Waals surface area contributed by atoms with Crippen molar-refractivity contribution >= 4 is 45.7 Å². The van der Waals surface area contributed by atoms with Gasteiger partial charge in [0, 0.05) is 28.8 Å². The van der Waals surface area contributed by atoms with Crippen LogP contribution in [0.4, 0.5) is 27.9 Å². The number of hydrogen-bond donors (Lipinski definition) is 2. The second-order valence-electron chi connectivity index (χ2n) is 8.79. The minimum Gasteiger partial charge on any atom is -0.488 e. The van der Waals surface area contributed by atoms with Gasteiger partial charge in [0.1, 0.15) is 18.2 Å². The molecule has 0 atom stereocenters. The van der Waals surface area contributed by atoms with Gasteiger partial charge in [-0.15, -0.1) is 0 Å². The largest absolute Gasteiger partial charge is 0.488 e. The van der Waals surface area contributed by atoms with E-state index in [9.17, 15) is 4.39 Å². The van der Waals surface area contributed by atoms with Crippen molar-refractivity contribution in [2.24, 2.45) is 5.10 Å². The van der Waals surface area contributed by atoms with Crippen LogP contribution < -0.4 is 20.4 Å². The Hall–Kier alpha value is -4.05. The Morgan fingerprint density at radius 2 is 1.68 bits per heavy atom. The number of hydrazone groups is 1. The lowest BCUT2D eigenvalue weighted by atomic mass is 10.1. The number of benzene rings is 3. The molecule has 1 saturated heterocycles. The highest BCUT2D eigenvalue weighted by Gasteiger charge is 2.16. The fraction of sp³-hybridized carbons (Fsp3) is 0.214. The molecule has 8 nitrogen and oxygen atoms in total. The maximum atomic E-state index is 13.2. The third-order valence-electron chi connectivity index (χ3n) is 5.94. The van der Waals surface area contributed by atoms with Crippen LogP contribution in [0.3, 0.4) is 0 Å². The molecule has 2 heterocycles. The quantitative estimate of drug-likeness (QED) is 0.173. The van der Waals surface area contributed by atoms with Crippen LogP contribution in [-0.4, -0.2) is 34.3 Å². The lowest BCUT2D eigenvalue weighted by molar-refractivity contribution is 0.305. The molecule has 194 valence electrons. The summed E-state index contributed by atoms with van der Waals surface area (Å²) in [5, 5.41) is 7.64. The number of anilines is 4. The van der Waals surface area contributed by atoms with Gasteiger partial charge in [0.25, 0.3) is 0 Å². The molecule has 0 amide bonds. The normalized spacial score (nSPS) is 13.5. The molecule has 3 aromatic carbocycles. The maximum Gasteiger partial charge on any atom is 0.250 e. The van der Waals surface area contributed by atoms with Crippen LogP contribution in [0.15, 0.2) is 82.4 Å². The molecule has 4 aromatic rings. The molecule has 0 bridgehead atoms. The molecule has 0 radical (unpaired) electrons. The van der Waals surface area contributed by atoms with Gasteiger partial charge < -0.3 is 15.0 Å². The monoisotopic (exact) mass is 575 g/mol. The third kappa shape index (κ3) is 7.04. The number of nitrogens with one attached hydrogen (secondary N) is 2. The summed E-state index contributed by atoms with van der Waals surface area (Å²) in [4.78, 5) is 16.0. The van der Waals surface area contributed by atoms with Crippen molar-refractivity contribution in [1.82, 2.24) is 15.0 Å². The Bertz CT molecular complexity index is 1380. The number of ether oxygens (including phenoxy) is 1. The molecule has 1 aromatic heterocycles. The van der Waals surface area contributed by atoms with Gasteiger partial charge in [-0.25, -0.2) is 9.82 Å². The molecule has 5 rings (SSSR count). The second kappa shape index (κ2) is 12.5. The van der Waals surface area contributed by atoms with E-state index in [1.807, 2.05) is 48.5 Å². The zero-order chi connectivity index (χ0) is 26.2. The van der Waals surface area contributed by atoms with Crippen molar-refractivity contribution in [2.75, 3.05) is 28.7 Å². The highest BCUT2D eigenvalue weighted by molar-refractivity contribution is 9.10. The van der Waals surface area contributed by atoms with Gasteiger partial charge in [0.15, 0.2) is 0 Å². The number of piperidine rings is 1. The standard InChI is InChI=1S/C28H27BrFN7O/c29-22-11-14-25(38-19-20-9-12-23(30)13-10-20)21(17-22)18-31-36-27-33-26(32-24-7-3-1-4-8-24)34-28(35-27)37-15-5-2-6-16-37/h1,3-4,7-14,17-18H,2,5-6,15-16,19H2,(H2,32,33,34,35,36)/b31-18+. The van der Waals surface area contributed by atoms with Gasteiger partial charge in [0.2, 0.25) is 17.8 Å². The van der Waals surface area contributed by atoms with Gasteiger partial charge in [-0.2, -0.15) is 20.1 Å². The summed E-state index contributed by atoms with van der Waals surface area (Å²) in [5.74, 6) is 1.75. The molecule has 0 spiro atoms. The predicted octanol–water partition coefficient (Wildman–Crippen LogP) is 6.53. The second-order valence-corrected chi connectivity index (χ2v) is 9.70. The summed E-state index contributed by atoms with van der Waals surface area (Å²) in [6, 6.07) is 21.7. The van der Waals surface area contributed by atoms with Crippen LogP contribution in [0, 0.1) is 5.82 Å². The first-order valence-electron chi connectivity index (χ1n) is 12.4. The van der Waals surface area contributed by atoms with Crippen molar-refractivity contribution in [2.45, 2.75) is 25.9 Å². The minimum absolute atomic E-state index is 0.278. The van der Waals surface area contributed by atoms with Gasteiger partial charge in [0.05, 0.1) is 6.21 Å².